The summed E-state index contributed by atoms with van der Waals surface area (Å²) >= 11 is 0. The lowest BCUT2D eigenvalue weighted by Crippen LogP contribution is -2.49. The summed E-state index contributed by atoms with van der Waals surface area (Å²) in [5, 5.41) is 5.55. The van der Waals surface area contributed by atoms with Crippen LogP contribution >= 0.6 is 0 Å². The smallest absolute Gasteiger partial charge is 0.265 e. The second-order valence-corrected chi connectivity index (χ2v) is 5.47. The molecule has 6 heteroatoms. The Morgan fingerprint density at radius 1 is 1.50 bits per heavy atom. The van der Waals surface area contributed by atoms with E-state index in [4.69, 9.17) is 10.5 Å². The fourth-order valence-electron chi connectivity index (χ4n) is 1.83. The summed E-state index contributed by atoms with van der Waals surface area (Å²) in [4.78, 5) is 23.9. The van der Waals surface area contributed by atoms with Gasteiger partial charge in [-0.1, -0.05) is 6.07 Å². The largest absolute Gasteiger partial charge is 0.478 e. The quantitative estimate of drug-likeness (QED) is 0.764. The number of fused-ring (bicyclic) bond motifs is 1. The summed E-state index contributed by atoms with van der Waals surface area (Å²) < 4.78 is 5.54. The summed E-state index contributed by atoms with van der Waals surface area (Å²) in [7, 11) is 0. The summed E-state index contributed by atoms with van der Waals surface area (Å²) in [5.41, 5.74) is 5.99. The highest BCUT2D eigenvalue weighted by molar-refractivity contribution is 6.04. The van der Waals surface area contributed by atoms with E-state index in [1.807, 2.05) is 13.8 Å². The van der Waals surface area contributed by atoms with E-state index >= 15 is 0 Å². The lowest BCUT2D eigenvalue weighted by molar-refractivity contribution is -0.122. The molecule has 1 unspecified atom stereocenters. The van der Waals surface area contributed by atoms with Gasteiger partial charge in [0.2, 0.25) is 0 Å². The molecule has 0 saturated carbocycles. The molecule has 1 aliphatic rings. The molecule has 1 heterocycles. The van der Waals surface area contributed by atoms with Crippen LogP contribution in [0.3, 0.4) is 0 Å². The number of ether oxygens (including phenoxy) is 1. The molecule has 0 fully saturated rings. The third kappa shape index (κ3) is 2.75. The van der Waals surface area contributed by atoms with Gasteiger partial charge in [0, 0.05) is 12.1 Å². The van der Waals surface area contributed by atoms with Gasteiger partial charge in [0.15, 0.2) is 11.9 Å². The van der Waals surface area contributed by atoms with Gasteiger partial charge >= 0.3 is 0 Å². The number of anilines is 1. The van der Waals surface area contributed by atoms with E-state index in [0.29, 0.717) is 23.5 Å². The molecule has 0 spiro atoms. The minimum absolute atomic E-state index is 0.225. The number of rotatable bonds is 3. The number of para-hydroxylation sites is 1. The van der Waals surface area contributed by atoms with Crippen LogP contribution in [-0.2, 0) is 4.79 Å². The van der Waals surface area contributed by atoms with Crippen LogP contribution in [0.4, 0.5) is 5.69 Å². The molecule has 1 atom stereocenters. The summed E-state index contributed by atoms with van der Waals surface area (Å²) in [6.07, 6.45) is -0.626. The molecule has 2 rings (SSSR count). The van der Waals surface area contributed by atoms with E-state index in [9.17, 15) is 9.59 Å². The lowest BCUT2D eigenvalue weighted by atomic mass is 10.0. The monoisotopic (exact) mass is 277 g/mol. The topological polar surface area (TPSA) is 93.4 Å². The van der Waals surface area contributed by atoms with Gasteiger partial charge in [-0.25, -0.2) is 0 Å². The number of nitrogens with two attached hydrogens (primary N) is 1. The zero-order chi connectivity index (χ0) is 14.9. The number of benzene rings is 1. The molecule has 6 nitrogen and oxygen atoms in total. The third-order valence-electron chi connectivity index (χ3n) is 3.14. The van der Waals surface area contributed by atoms with Gasteiger partial charge in [0.25, 0.3) is 11.8 Å². The van der Waals surface area contributed by atoms with Crippen molar-refractivity contribution in [2.75, 3.05) is 11.9 Å². The molecular weight excluding hydrogens is 258 g/mol. The molecule has 1 aromatic carbocycles. The van der Waals surface area contributed by atoms with Gasteiger partial charge in [-0.15, -0.1) is 0 Å². The van der Waals surface area contributed by atoms with Crippen molar-refractivity contribution in [3.63, 3.8) is 0 Å². The van der Waals surface area contributed by atoms with E-state index in [1.54, 1.807) is 25.1 Å². The van der Waals surface area contributed by atoms with Gasteiger partial charge in [-0.05, 0) is 32.9 Å². The Morgan fingerprint density at radius 2 is 2.20 bits per heavy atom. The number of amides is 2. The molecule has 1 aromatic rings. The van der Waals surface area contributed by atoms with Crippen LogP contribution in [0.1, 0.15) is 31.1 Å². The molecule has 2 amide bonds. The van der Waals surface area contributed by atoms with Gasteiger partial charge in [0.1, 0.15) is 0 Å². The van der Waals surface area contributed by atoms with E-state index in [1.165, 1.54) is 0 Å². The molecule has 1 aliphatic heterocycles. The Kier molecular flexibility index (Phi) is 3.67. The highest BCUT2D eigenvalue weighted by Gasteiger charge is 2.29. The fourth-order valence-corrected chi connectivity index (χ4v) is 1.83. The Morgan fingerprint density at radius 3 is 2.85 bits per heavy atom. The zero-order valence-electron chi connectivity index (χ0n) is 11.8. The summed E-state index contributed by atoms with van der Waals surface area (Å²) in [5.74, 6) is -0.108. The van der Waals surface area contributed by atoms with Crippen molar-refractivity contribution in [3.05, 3.63) is 23.8 Å². The van der Waals surface area contributed by atoms with Crippen molar-refractivity contribution in [1.29, 1.82) is 0 Å². The molecule has 0 aromatic heterocycles. The summed E-state index contributed by atoms with van der Waals surface area (Å²) in [6, 6.07) is 5.05. The van der Waals surface area contributed by atoms with Crippen LogP contribution in [0.5, 0.6) is 5.75 Å². The van der Waals surface area contributed by atoms with E-state index in [0.717, 1.165) is 0 Å². The molecular formula is C14H19N3O3. The molecule has 108 valence electrons. The van der Waals surface area contributed by atoms with Crippen molar-refractivity contribution in [2.45, 2.75) is 32.4 Å². The number of carbonyl (C=O) groups excluding carboxylic acids is 2. The van der Waals surface area contributed by atoms with Crippen LogP contribution in [-0.4, -0.2) is 30.0 Å². The maximum atomic E-state index is 12.3. The van der Waals surface area contributed by atoms with Crippen molar-refractivity contribution in [2.24, 2.45) is 5.73 Å². The standard InChI is InChI=1S/C14H19N3O3/c1-8-12(18)16-10-6-4-5-9(11(10)20-8)13(19)17-14(2,3)7-15/h4-6,8H,7,15H2,1-3H3,(H,16,18)(H,17,19). The zero-order valence-corrected chi connectivity index (χ0v) is 11.8. The van der Waals surface area contributed by atoms with E-state index in [2.05, 4.69) is 10.6 Å². The average Bonchev–Trinajstić information content (AvgIpc) is 2.39. The maximum absolute atomic E-state index is 12.3. The van der Waals surface area contributed by atoms with Crippen molar-refractivity contribution >= 4 is 17.5 Å². The van der Waals surface area contributed by atoms with Crippen LogP contribution in [0.15, 0.2) is 18.2 Å². The number of hydrogen-bond acceptors (Lipinski definition) is 4. The second kappa shape index (κ2) is 5.13. The van der Waals surface area contributed by atoms with Gasteiger partial charge in [0.05, 0.1) is 11.3 Å². The molecule has 0 aliphatic carbocycles. The highest BCUT2D eigenvalue weighted by atomic mass is 16.5. The normalized spacial score (nSPS) is 17.8. The molecule has 0 radical (unpaired) electrons. The predicted octanol–water partition coefficient (Wildman–Crippen LogP) is 0.873. The van der Waals surface area contributed by atoms with Crippen molar-refractivity contribution < 1.29 is 14.3 Å². The Labute approximate surface area is 117 Å². The summed E-state index contributed by atoms with van der Waals surface area (Å²) in [6.45, 7) is 5.63. The molecule has 20 heavy (non-hydrogen) atoms. The van der Waals surface area contributed by atoms with Crippen LogP contribution in [0, 0.1) is 0 Å². The second-order valence-electron chi connectivity index (χ2n) is 5.47. The number of hydrogen-bond donors (Lipinski definition) is 3. The highest BCUT2D eigenvalue weighted by Crippen LogP contribution is 2.33. The Balaban J connectivity index is 2.32. The van der Waals surface area contributed by atoms with Gasteiger partial charge in [-0.3, -0.25) is 9.59 Å². The average molecular weight is 277 g/mol. The van der Waals surface area contributed by atoms with E-state index < -0.39 is 11.6 Å². The minimum Gasteiger partial charge on any atom is -0.478 e. The first-order valence-electron chi connectivity index (χ1n) is 6.47. The van der Waals surface area contributed by atoms with E-state index in [-0.39, 0.29) is 11.8 Å². The molecule has 0 bridgehead atoms. The third-order valence-corrected chi connectivity index (χ3v) is 3.14. The van der Waals surface area contributed by atoms with Gasteiger partial charge < -0.3 is 21.1 Å². The van der Waals surface area contributed by atoms with Crippen molar-refractivity contribution in [1.82, 2.24) is 5.32 Å². The van der Waals surface area contributed by atoms with Crippen molar-refractivity contribution in [3.8, 4) is 5.75 Å². The number of carbonyl (C=O) groups is 2. The first kappa shape index (κ1) is 14.3. The first-order chi connectivity index (χ1) is 9.34. The fraction of sp³-hybridized carbons (Fsp3) is 0.429. The number of nitrogens with one attached hydrogen (secondary N) is 2. The van der Waals surface area contributed by atoms with Crippen LogP contribution < -0.4 is 21.1 Å². The maximum Gasteiger partial charge on any atom is 0.265 e. The molecule has 4 N–H and O–H groups in total. The van der Waals surface area contributed by atoms with Crippen LogP contribution in [0.25, 0.3) is 0 Å². The molecule has 0 saturated heterocycles. The Bertz CT molecular complexity index is 555. The first-order valence-corrected chi connectivity index (χ1v) is 6.47. The predicted molar refractivity (Wildman–Crippen MR) is 75.8 cm³/mol. The minimum atomic E-state index is -0.626. The SMILES string of the molecule is CC1Oc2c(cccc2C(=O)NC(C)(C)CN)NC1=O. The van der Waals surface area contributed by atoms with Crippen LogP contribution in [0.2, 0.25) is 0 Å². The Hall–Kier alpha value is -2.08. The van der Waals surface area contributed by atoms with Gasteiger partial charge in [-0.2, -0.15) is 0 Å². The lowest BCUT2D eigenvalue weighted by Gasteiger charge is -2.27.